The molecule has 2 aromatic heterocycles. The lowest BCUT2D eigenvalue weighted by molar-refractivity contribution is -0.120. The van der Waals surface area contributed by atoms with E-state index in [1.54, 1.807) is 12.1 Å². The number of aryl methyl sites for hydroxylation is 1. The third-order valence-corrected chi connectivity index (χ3v) is 8.66. The van der Waals surface area contributed by atoms with E-state index in [9.17, 15) is 13.2 Å². The number of amides is 1. The Kier molecular flexibility index (Phi) is 5.77. The predicted octanol–water partition coefficient (Wildman–Crippen LogP) is 3.85. The zero-order valence-corrected chi connectivity index (χ0v) is 18.4. The van der Waals surface area contributed by atoms with Crippen molar-refractivity contribution in [2.24, 2.45) is 5.92 Å². The van der Waals surface area contributed by atoms with Crippen LogP contribution in [0.4, 0.5) is 5.13 Å². The first-order valence-corrected chi connectivity index (χ1v) is 12.0. The molecule has 148 valence electrons. The molecule has 0 spiro atoms. The summed E-state index contributed by atoms with van der Waals surface area (Å²) in [5.41, 5.74) is 0.859. The second-order valence-corrected chi connectivity index (χ2v) is 12.2. The molecular weight excluding hydrogens is 402 g/mol. The van der Waals surface area contributed by atoms with Gasteiger partial charge >= 0.3 is 0 Å². The Morgan fingerprint density at radius 1 is 1.33 bits per heavy atom. The molecule has 0 bridgehead atoms. The van der Waals surface area contributed by atoms with E-state index in [0.29, 0.717) is 28.7 Å². The first kappa shape index (κ1) is 20.4. The monoisotopic (exact) mass is 427 g/mol. The Morgan fingerprint density at radius 2 is 2.07 bits per heavy atom. The molecule has 0 saturated carbocycles. The number of nitrogens with one attached hydrogen (secondary N) is 1. The van der Waals surface area contributed by atoms with E-state index in [4.69, 9.17) is 0 Å². The van der Waals surface area contributed by atoms with E-state index in [2.05, 4.69) is 31.1 Å². The maximum Gasteiger partial charge on any atom is 0.252 e. The molecule has 2 aromatic rings. The lowest BCUT2D eigenvalue weighted by Gasteiger charge is -2.30. The number of anilines is 1. The molecule has 1 aliphatic heterocycles. The highest BCUT2D eigenvalue weighted by molar-refractivity contribution is 7.91. The van der Waals surface area contributed by atoms with Crippen molar-refractivity contribution in [3.8, 4) is 0 Å². The smallest absolute Gasteiger partial charge is 0.252 e. The van der Waals surface area contributed by atoms with Crippen molar-refractivity contribution in [2.75, 3.05) is 18.4 Å². The van der Waals surface area contributed by atoms with Gasteiger partial charge in [-0.15, -0.1) is 22.7 Å². The number of rotatable bonds is 4. The molecule has 6 nitrogen and oxygen atoms in total. The topological polar surface area (TPSA) is 79.4 Å². The zero-order chi connectivity index (χ0) is 19.8. The summed E-state index contributed by atoms with van der Waals surface area (Å²) in [6.07, 6.45) is 1.35. The van der Waals surface area contributed by atoms with Crippen LogP contribution in [0.25, 0.3) is 0 Å². The lowest BCUT2D eigenvalue weighted by atomic mass is 9.93. The standard InChI is InChI=1S/C18H25N3O3S3/c1-12-7-8-15(26-12)27(23,24)21-9-5-6-13(10-21)16(22)20-17-19-14(11-25-17)18(2,3)4/h7-8,11,13H,5-6,9-10H2,1-4H3,(H,19,20,22). The fourth-order valence-corrected chi connectivity index (χ4v) is 6.84. The quantitative estimate of drug-likeness (QED) is 0.804. The molecule has 1 saturated heterocycles. The second-order valence-electron chi connectivity index (χ2n) is 7.84. The van der Waals surface area contributed by atoms with Gasteiger partial charge in [-0.2, -0.15) is 4.31 Å². The summed E-state index contributed by atoms with van der Waals surface area (Å²) in [5, 5.41) is 5.39. The number of carbonyl (C=O) groups is 1. The van der Waals surface area contributed by atoms with Crippen LogP contribution in [0.3, 0.4) is 0 Å². The summed E-state index contributed by atoms with van der Waals surface area (Å²) in [4.78, 5) is 18.1. The van der Waals surface area contributed by atoms with Crippen LogP contribution in [0.1, 0.15) is 44.2 Å². The second kappa shape index (κ2) is 7.62. The Labute approximate surface area is 168 Å². The van der Waals surface area contributed by atoms with Crippen molar-refractivity contribution in [1.29, 1.82) is 0 Å². The molecule has 3 heterocycles. The minimum absolute atomic E-state index is 0.0754. The molecule has 1 atom stereocenters. The van der Waals surface area contributed by atoms with Gasteiger partial charge in [0.05, 0.1) is 11.6 Å². The van der Waals surface area contributed by atoms with Crippen LogP contribution in [0.2, 0.25) is 0 Å². The first-order chi connectivity index (χ1) is 12.6. The summed E-state index contributed by atoms with van der Waals surface area (Å²) in [7, 11) is -3.54. The van der Waals surface area contributed by atoms with Crippen LogP contribution < -0.4 is 5.32 Å². The van der Waals surface area contributed by atoms with Crippen LogP contribution in [-0.2, 0) is 20.2 Å². The molecule has 0 aliphatic carbocycles. The Bertz CT molecular complexity index is 925. The number of thiophene rings is 1. The lowest BCUT2D eigenvalue weighted by Crippen LogP contribution is -2.43. The highest BCUT2D eigenvalue weighted by Crippen LogP contribution is 2.30. The van der Waals surface area contributed by atoms with Crippen molar-refractivity contribution in [1.82, 2.24) is 9.29 Å². The molecule has 3 rings (SSSR count). The average Bonchev–Trinajstić information content (AvgIpc) is 3.24. The van der Waals surface area contributed by atoms with Gasteiger partial charge in [0.25, 0.3) is 10.0 Å². The van der Waals surface area contributed by atoms with Gasteiger partial charge in [0.15, 0.2) is 5.13 Å². The number of thiazole rings is 1. The van der Waals surface area contributed by atoms with E-state index in [1.807, 2.05) is 12.3 Å². The van der Waals surface area contributed by atoms with Crippen LogP contribution in [0.5, 0.6) is 0 Å². The van der Waals surface area contributed by atoms with Gasteiger partial charge in [0.2, 0.25) is 5.91 Å². The fraction of sp³-hybridized carbons (Fsp3) is 0.556. The number of piperidine rings is 1. The normalized spacial score (nSPS) is 19.2. The third kappa shape index (κ3) is 4.59. The van der Waals surface area contributed by atoms with E-state index < -0.39 is 10.0 Å². The summed E-state index contributed by atoms with van der Waals surface area (Å²) in [6, 6.07) is 3.45. The summed E-state index contributed by atoms with van der Waals surface area (Å²) < 4.78 is 27.5. The fourth-order valence-electron chi connectivity index (χ4n) is 2.94. The summed E-state index contributed by atoms with van der Waals surface area (Å²) in [6.45, 7) is 8.77. The van der Waals surface area contributed by atoms with E-state index in [0.717, 1.165) is 10.6 Å². The number of hydrogen-bond donors (Lipinski definition) is 1. The molecule has 1 amide bonds. The van der Waals surface area contributed by atoms with Crippen molar-refractivity contribution < 1.29 is 13.2 Å². The maximum atomic E-state index is 12.8. The molecule has 1 fully saturated rings. The highest BCUT2D eigenvalue weighted by Gasteiger charge is 2.34. The molecule has 0 radical (unpaired) electrons. The van der Waals surface area contributed by atoms with Crippen LogP contribution >= 0.6 is 22.7 Å². The first-order valence-electron chi connectivity index (χ1n) is 8.91. The zero-order valence-electron chi connectivity index (χ0n) is 16.0. The summed E-state index contributed by atoms with van der Waals surface area (Å²) in [5.74, 6) is -0.524. The molecule has 1 unspecified atom stereocenters. The van der Waals surface area contributed by atoms with Gasteiger partial charge in [-0.25, -0.2) is 13.4 Å². The highest BCUT2D eigenvalue weighted by atomic mass is 32.2. The van der Waals surface area contributed by atoms with Crippen LogP contribution in [0, 0.1) is 12.8 Å². The molecule has 1 N–H and O–H groups in total. The minimum atomic E-state index is -3.54. The van der Waals surface area contributed by atoms with Crippen molar-refractivity contribution in [2.45, 2.75) is 50.2 Å². The maximum absolute atomic E-state index is 12.8. The van der Waals surface area contributed by atoms with Crippen LogP contribution in [-0.4, -0.2) is 36.7 Å². The number of nitrogens with zero attached hydrogens (tertiary/aromatic N) is 2. The average molecular weight is 428 g/mol. The summed E-state index contributed by atoms with van der Waals surface area (Å²) >= 11 is 2.67. The van der Waals surface area contributed by atoms with Gasteiger partial charge in [-0.3, -0.25) is 4.79 Å². The largest absolute Gasteiger partial charge is 0.302 e. The molecule has 1 aliphatic rings. The Morgan fingerprint density at radius 3 is 2.67 bits per heavy atom. The van der Waals surface area contributed by atoms with Gasteiger partial charge in [0, 0.05) is 28.8 Å². The van der Waals surface area contributed by atoms with Gasteiger partial charge in [0.1, 0.15) is 4.21 Å². The molecular formula is C18H25N3O3S3. The predicted molar refractivity (Wildman–Crippen MR) is 110 cm³/mol. The number of aromatic nitrogens is 1. The van der Waals surface area contributed by atoms with Gasteiger partial charge < -0.3 is 5.32 Å². The van der Waals surface area contributed by atoms with Gasteiger partial charge in [-0.1, -0.05) is 20.8 Å². The molecule has 27 heavy (non-hydrogen) atoms. The van der Waals surface area contributed by atoms with Crippen molar-refractivity contribution in [3.05, 3.63) is 28.1 Å². The van der Waals surface area contributed by atoms with Gasteiger partial charge in [-0.05, 0) is 31.9 Å². The molecule has 0 aromatic carbocycles. The Hall–Kier alpha value is -1.29. The number of sulfonamides is 1. The van der Waals surface area contributed by atoms with E-state index in [-0.39, 0.29) is 23.8 Å². The SMILES string of the molecule is Cc1ccc(S(=O)(=O)N2CCCC(C(=O)Nc3nc(C(C)(C)C)cs3)C2)s1. The third-order valence-electron chi connectivity index (χ3n) is 4.57. The van der Waals surface area contributed by atoms with Crippen LogP contribution in [0.15, 0.2) is 21.7 Å². The number of carbonyl (C=O) groups excluding carboxylic acids is 1. The molecule has 9 heteroatoms. The van der Waals surface area contributed by atoms with E-state index in [1.165, 1.54) is 27.0 Å². The minimum Gasteiger partial charge on any atom is -0.302 e. The van der Waals surface area contributed by atoms with Crippen molar-refractivity contribution in [3.63, 3.8) is 0 Å². The van der Waals surface area contributed by atoms with E-state index >= 15 is 0 Å². The Balaban J connectivity index is 1.69. The number of hydrogen-bond acceptors (Lipinski definition) is 6. The van der Waals surface area contributed by atoms with Crippen molar-refractivity contribution >= 4 is 43.7 Å².